The molecule has 0 radical (unpaired) electrons. The van der Waals surface area contributed by atoms with Crippen LogP contribution < -0.4 is 4.90 Å². The highest BCUT2D eigenvalue weighted by Crippen LogP contribution is 2.28. The minimum absolute atomic E-state index is 0.608. The average Bonchev–Trinajstić information content (AvgIpc) is 2.30. The van der Waals surface area contributed by atoms with Gasteiger partial charge in [0, 0.05) is 17.8 Å². The van der Waals surface area contributed by atoms with Gasteiger partial charge >= 0.3 is 0 Å². The van der Waals surface area contributed by atoms with Crippen LogP contribution in [0.3, 0.4) is 0 Å². The Labute approximate surface area is 97.5 Å². The lowest BCUT2D eigenvalue weighted by molar-refractivity contribution is 0.414. The van der Waals surface area contributed by atoms with Crippen molar-refractivity contribution in [3.8, 4) is 6.07 Å². The summed E-state index contributed by atoms with van der Waals surface area (Å²) >= 11 is 0. The van der Waals surface area contributed by atoms with Crippen LogP contribution in [-0.4, -0.2) is 12.1 Å². The zero-order valence-corrected chi connectivity index (χ0v) is 9.98. The summed E-state index contributed by atoms with van der Waals surface area (Å²) in [6.45, 7) is 4.57. The van der Waals surface area contributed by atoms with Gasteiger partial charge < -0.3 is 4.90 Å². The molecule has 1 aromatic rings. The van der Waals surface area contributed by atoms with Crippen LogP contribution in [0.1, 0.15) is 38.7 Å². The molecule has 2 rings (SSSR count). The van der Waals surface area contributed by atoms with Crippen molar-refractivity contribution in [2.75, 3.05) is 4.90 Å². The maximum Gasteiger partial charge on any atom is 0.0991 e. The average molecular weight is 214 g/mol. The van der Waals surface area contributed by atoms with Gasteiger partial charge in [0.25, 0.3) is 0 Å². The van der Waals surface area contributed by atoms with Crippen molar-refractivity contribution >= 4 is 5.69 Å². The third-order valence-corrected chi connectivity index (χ3v) is 3.49. The van der Waals surface area contributed by atoms with Crippen molar-refractivity contribution < 1.29 is 0 Å². The molecule has 0 spiro atoms. The van der Waals surface area contributed by atoms with Gasteiger partial charge in [0.05, 0.1) is 11.6 Å². The van der Waals surface area contributed by atoms with E-state index >= 15 is 0 Å². The molecule has 0 aliphatic carbocycles. The van der Waals surface area contributed by atoms with Crippen molar-refractivity contribution in [3.05, 3.63) is 29.8 Å². The number of hydrogen-bond acceptors (Lipinski definition) is 2. The molecule has 1 saturated heterocycles. The molecular formula is C14H18N2. The molecule has 2 atom stereocenters. The second-order valence-electron chi connectivity index (χ2n) is 4.69. The number of piperidine rings is 1. The lowest BCUT2D eigenvalue weighted by atomic mass is 9.96. The van der Waals surface area contributed by atoms with Gasteiger partial charge in [-0.15, -0.1) is 0 Å². The van der Waals surface area contributed by atoms with Crippen LogP contribution in [0, 0.1) is 11.3 Å². The number of hydrogen-bond donors (Lipinski definition) is 0. The normalized spacial score (nSPS) is 25.2. The highest BCUT2D eigenvalue weighted by Gasteiger charge is 2.24. The second kappa shape index (κ2) is 4.57. The Morgan fingerprint density at radius 2 is 1.69 bits per heavy atom. The van der Waals surface area contributed by atoms with Crippen molar-refractivity contribution in [1.82, 2.24) is 0 Å². The first-order chi connectivity index (χ1) is 7.72. The minimum atomic E-state index is 0.608. The Morgan fingerprint density at radius 1 is 1.12 bits per heavy atom. The second-order valence-corrected chi connectivity index (χ2v) is 4.69. The number of anilines is 1. The fourth-order valence-corrected chi connectivity index (χ4v) is 2.64. The van der Waals surface area contributed by atoms with E-state index in [1.807, 2.05) is 12.1 Å². The number of nitrogens with zero attached hydrogens (tertiary/aromatic N) is 2. The van der Waals surface area contributed by atoms with Gasteiger partial charge in [-0.2, -0.15) is 5.26 Å². The summed E-state index contributed by atoms with van der Waals surface area (Å²) in [6, 6.07) is 11.3. The third-order valence-electron chi connectivity index (χ3n) is 3.49. The molecule has 1 aliphatic heterocycles. The first kappa shape index (κ1) is 11.0. The predicted molar refractivity (Wildman–Crippen MR) is 66.4 cm³/mol. The van der Waals surface area contributed by atoms with Gasteiger partial charge in [0.2, 0.25) is 0 Å². The van der Waals surface area contributed by atoms with Crippen molar-refractivity contribution in [1.29, 1.82) is 5.26 Å². The van der Waals surface area contributed by atoms with Crippen LogP contribution in [0.5, 0.6) is 0 Å². The smallest absolute Gasteiger partial charge is 0.0991 e. The Kier molecular flexibility index (Phi) is 3.14. The van der Waals surface area contributed by atoms with E-state index < -0.39 is 0 Å². The molecule has 0 unspecified atom stereocenters. The van der Waals surface area contributed by atoms with Crippen molar-refractivity contribution in [3.63, 3.8) is 0 Å². The van der Waals surface area contributed by atoms with E-state index in [0.717, 1.165) is 5.56 Å². The van der Waals surface area contributed by atoms with Crippen LogP contribution in [-0.2, 0) is 0 Å². The van der Waals surface area contributed by atoms with Crippen LogP contribution in [0.4, 0.5) is 5.69 Å². The van der Waals surface area contributed by atoms with E-state index in [9.17, 15) is 0 Å². The van der Waals surface area contributed by atoms with Crippen LogP contribution in [0.2, 0.25) is 0 Å². The molecule has 2 nitrogen and oxygen atoms in total. The maximum atomic E-state index is 8.78. The minimum Gasteiger partial charge on any atom is -0.366 e. The molecule has 1 aromatic carbocycles. The molecule has 0 amide bonds. The molecule has 2 heteroatoms. The van der Waals surface area contributed by atoms with E-state index in [0.29, 0.717) is 12.1 Å². The SMILES string of the molecule is C[C@@H]1CCC[C@H](C)N1c1ccc(C#N)cc1. The Balaban J connectivity index is 2.24. The third kappa shape index (κ3) is 2.04. The van der Waals surface area contributed by atoms with Crippen LogP contribution in [0.25, 0.3) is 0 Å². The molecular weight excluding hydrogens is 196 g/mol. The standard InChI is InChI=1S/C14H18N2/c1-11-4-3-5-12(2)16(11)14-8-6-13(10-15)7-9-14/h6-9,11-12H,3-5H2,1-2H3/t11-,12+. The number of rotatable bonds is 1. The molecule has 0 aromatic heterocycles. The molecule has 0 bridgehead atoms. The van der Waals surface area contributed by atoms with Gasteiger partial charge in [-0.25, -0.2) is 0 Å². The largest absolute Gasteiger partial charge is 0.366 e. The highest BCUT2D eigenvalue weighted by atomic mass is 15.2. The highest BCUT2D eigenvalue weighted by molar-refractivity contribution is 5.51. The van der Waals surface area contributed by atoms with E-state index in [1.165, 1.54) is 24.9 Å². The fourth-order valence-electron chi connectivity index (χ4n) is 2.64. The predicted octanol–water partition coefficient (Wildman–Crippen LogP) is 3.33. The molecule has 0 N–H and O–H groups in total. The Bertz CT molecular complexity index is 378. The topological polar surface area (TPSA) is 27.0 Å². The number of benzene rings is 1. The summed E-state index contributed by atoms with van der Waals surface area (Å²) in [5.74, 6) is 0. The lowest BCUT2D eigenvalue weighted by Crippen LogP contribution is -2.43. The maximum absolute atomic E-state index is 8.78. The summed E-state index contributed by atoms with van der Waals surface area (Å²) in [7, 11) is 0. The summed E-state index contributed by atoms with van der Waals surface area (Å²) < 4.78 is 0. The Hall–Kier alpha value is -1.49. The molecule has 84 valence electrons. The zero-order valence-electron chi connectivity index (χ0n) is 9.98. The van der Waals surface area contributed by atoms with Crippen molar-refractivity contribution in [2.45, 2.75) is 45.2 Å². The first-order valence-corrected chi connectivity index (χ1v) is 6.01. The molecule has 16 heavy (non-hydrogen) atoms. The number of nitriles is 1. The van der Waals surface area contributed by atoms with Gasteiger partial charge in [-0.05, 0) is 57.4 Å². The van der Waals surface area contributed by atoms with E-state index in [2.05, 4.69) is 36.9 Å². The monoisotopic (exact) mass is 214 g/mol. The van der Waals surface area contributed by atoms with E-state index in [4.69, 9.17) is 5.26 Å². The summed E-state index contributed by atoms with van der Waals surface area (Å²) in [5, 5.41) is 8.78. The van der Waals surface area contributed by atoms with E-state index in [-0.39, 0.29) is 0 Å². The van der Waals surface area contributed by atoms with Crippen LogP contribution >= 0.6 is 0 Å². The molecule has 1 fully saturated rings. The van der Waals surface area contributed by atoms with E-state index in [1.54, 1.807) is 0 Å². The summed E-state index contributed by atoms with van der Waals surface area (Å²) in [4.78, 5) is 2.48. The summed E-state index contributed by atoms with van der Waals surface area (Å²) in [5.41, 5.74) is 1.99. The fraction of sp³-hybridized carbons (Fsp3) is 0.500. The van der Waals surface area contributed by atoms with Gasteiger partial charge in [-0.1, -0.05) is 0 Å². The Morgan fingerprint density at radius 3 is 2.19 bits per heavy atom. The first-order valence-electron chi connectivity index (χ1n) is 6.01. The summed E-state index contributed by atoms with van der Waals surface area (Å²) in [6.07, 6.45) is 3.86. The quantitative estimate of drug-likeness (QED) is 0.717. The van der Waals surface area contributed by atoms with Crippen molar-refractivity contribution in [2.24, 2.45) is 0 Å². The van der Waals surface area contributed by atoms with Crippen LogP contribution in [0.15, 0.2) is 24.3 Å². The van der Waals surface area contributed by atoms with Gasteiger partial charge in [0.1, 0.15) is 0 Å². The zero-order chi connectivity index (χ0) is 11.5. The molecule has 0 saturated carbocycles. The molecule has 1 heterocycles. The van der Waals surface area contributed by atoms with Gasteiger partial charge in [-0.3, -0.25) is 0 Å². The molecule has 1 aliphatic rings. The van der Waals surface area contributed by atoms with Gasteiger partial charge in [0.15, 0.2) is 0 Å². The lowest BCUT2D eigenvalue weighted by Gasteiger charge is -2.41.